The lowest BCUT2D eigenvalue weighted by molar-refractivity contribution is 0.110. The highest BCUT2D eigenvalue weighted by molar-refractivity contribution is 6.67. The Morgan fingerprint density at radius 2 is 1.67 bits per heavy atom. The molecule has 1 aliphatic heterocycles. The maximum Gasteiger partial charge on any atom is 0.340 e. The number of rotatable bonds is 12. The predicted octanol–water partition coefficient (Wildman–Crippen LogP) is 2.72. The van der Waals surface area contributed by atoms with Crippen molar-refractivity contribution in [2.24, 2.45) is 0 Å². The van der Waals surface area contributed by atoms with E-state index in [2.05, 4.69) is 20.8 Å². The smallest absolute Gasteiger partial charge is 0.340 e. The third-order valence-corrected chi connectivity index (χ3v) is 6.51. The molecule has 0 aliphatic carbocycles. The highest BCUT2D eigenvalue weighted by atomic mass is 28.4. The zero-order valence-corrected chi connectivity index (χ0v) is 13.1. The van der Waals surface area contributed by atoms with E-state index >= 15 is 0 Å². The van der Waals surface area contributed by atoms with Gasteiger partial charge in [0.15, 0.2) is 0 Å². The minimum atomic E-state index is -2.03. The zero-order valence-electron chi connectivity index (χ0n) is 12.1. The SMILES string of the molecule is CCCO[Si](CC)(CCOCC1CO1)OCCC. The second-order valence-corrected chi connectivity index (χ2v) is 8.35. The average molecular weight is 276 g/mol. The molecule has 108 valence electrons. The van der Waals surface area contributed by atoms with Crippen LogP contribution in [0.4, 0.5) is 0 Å². The van der Waals surface area contributed by atoms with E-state index in [4.69, 9.17) is 18.3 Å². The molecule has 0 spiro atoms. The van der Waals surface area contributed by atoms with Gasteiger partial charge in [0.25, 0.3) is 0 Å². The summed E-state index contributed by atoms with van der Waals surface area (Å²) >= 11 is 0. The minimum Gasteiger partial charge on any atom is -0.394 e. The van der Waals surface area contributed by atoms with Gasteiger partial charge in [0.05, 0.1) is 13.2 Å². The molecule has 1 fully saturated rings. The van der Waals surface area contributed by atoms with Gasteiger partial charge in [-0.15, -0.1) is 0 Å². The van der Waals surface area contributed by atoms with Crippen LogP contribution in [0.2, 0.25) is 12.1 Å². The van der Waals surface area contributed by atoms with E-state index in [1.165, 1.54) is 0 Å². The van der Waals surface area contributed by atoms with Crippen molar-refractivity contribution in [1.82, 2.24) is 0 Å². The predicted molar refractivity (Wildman–Crippen MR) is 74.1 cm³/mol. The lowest BCUT2D eigenvalue weighted by Gasteiger charge is -2.29. The van der Waals surface area contributed by atoms with Crippen LogP contribution in [0, 0.1) is 0 Å². The Bertz CT molecular complexity index is 201. The molecule has 1 rings (SSSR count). The molecule has 1 saturated heterocycles. The highest BCUT2D eigenvalue weighted by Gasteiger charge is 2.35. The van der Waals surface area contributed by atoms with Crippen LogP contribution in [0.5, 0.6) is 0 Å². The van der Waals surface area contributed by atoms with Crippen molar-refractivity contribution in [2.75, 3.05) is 33.0 Å². The van der Waals surface area contributed by atoms with Gasteiger partial charge in [-0.2, -0.15) is 0 Å². The van der Waals surface area contributed by atoms with Crippen molar-refractivity contribution in [3.63, 3.8) is 0 Å². The second-order valence-electron chi connectivity index (χ2n) is 4.74. The molecular formula is C13H28O4Si. The molecule has 0 aromatic rings. The Kier molecular flexibility index (Phi) is 8.09. The van der Waals surface area contributed by atoms with Gasteiger partial charge in [0, 0.05) is 25.9 Å². The largest absolute Gasteiger partial charge is 0.394 e. The normalized spacial score (nSPS) is 19.2. The Hall–Kier alpha value is 0.0569. The molecule has 1 unspecified atom stereocenters. The molecule has 0 N–H and O–H groups in total. The molecule has 0 saturated carbocycles. The van der Waals surface area contributed by atoms with Crippen molar-refractivity contribution in [2.45, 2.75) is 51.8 Å². The van der Waals surface area contributed by atoms with E-state index in [9.17, 15) is 0 Å². The molecule has 18 heavy (non-hydrogen) atoms. The maximum atomic E-state index is 6.06. The Labute approximate surface area is 112 Å². The van der Waals surface area contributed by atoms with Crippen LogP contribution in [0.15, 0.2) is 0 Å². The summed E-state index contributed by atoms with van der Waals surface area (Å²) in [6.45, 7) is 10.3. The summed E-state index contributed by atoms with van der Waals surface area (Å²) < 4.78 is 22.9. The summed E-state index contributed by atoms with van der Waals surface area (Å²) in [5, 5.41) is 0. The maximum absolute atomic E-state index is 6.06. The quantitative estimate of drug-likeness (QED) is 0.312. The minimum absolute atomic E-state index is 0.343. The lowest BCUT2D eigenvalue weighted by Crippen LogP contribution is -2.43. The Morgan fingerprint density at radius 3 is 2.11 bits per heavy atom. The summed E-state index contributed by atoms with van der Waals surface area (Å²) in [6, 6.07) is 1.92. The third kappa shape index (κ3) is 6.29. The average Bonchev–Trinajstić information content (AvgIpc) is 3.21. The topological polar surface area (TPSA) is 40.2 Å². The van der Waals surface area contributed by atoms with Crippen molar-refractivity contribution < 1.29 is 18.3 Å². The number of hydrogen-bond donors (Lipinski definition) is 0. The van der Waals surface area contributed by atoms with Crippen molar-refractivity contribution >= 4 is 8.56 Å². The van der Waals surface area contributed by atoms with Gasteiger partial charge >= 0.3 is 8.56 Å². The van der Waals surface area contributed by atoms with Crippen LogP contribution in [-0.4, -0.2) is 47.7 Å². The lowest BCUT2D eigenvalue weighted by atomic mass is 10.5. The molecule has 1 atom stereocenters. The van der Waals surface area contributed by atoms with E-state index in [1.54, 1.807) is 0 Å². The van der Waals surface area contributed by atoms with E-state index in [-0.39, 0.29) is 0 Å². The van der Waals surface area contributed by atoms with E-state index < -0.39 is 8.56 Å². The standard InChI is InChI=1S/C13H28O4Si/c1-4-7-16-18(6-3,17-8-5-2)10-9-14-11-13-12-15-13/h13H,4-12H2,1-3H3. The summed E-state index contributed by atoms with van der Waals surface area (Å²) in [5.74, 6) is 0. The van der Waals surface area contributed by atoms with Gasteiger partial charge in [-0.1, -0.05) is 20.8 Å². The fourth-order valence-corrected chi connectivity index (χ4v) is 4.49. The summed E-state index contributed by atoms with van der Waals surface area (Å²) in [4.78, 5) is 0. The number of ether oxygens (including phenoxy) is 2. The van der Waals surface area contributed by atoms with Crippen LogP contribution in [0.3, 0.4) is 0 Å². The molecule has 4 nitrogen and oxygen atoms in total. The van der Waals surface area contributed by atoms with Gasteiger partial charge in [-0.25, -0.2) is 0 Å². The highest BCUT2D eigenvalue weighted by Crippen LogP contribution is 2.20. The van der Waals surface area contributed by atoms with Crippen LogP contribution < -0.4 is 0 Å². The van der Waals surface area contributed by atoms with Crippen LogP contribution in [-0.2, 0) is 18.3 Å². The van der Waals surface area contributed by atoms with Crippen molar-refractivity contribution in [1.29, 1.82) is 0 Å². The molecule has 0 radical (unpaired) electrons. The molecule has 0 aromatic heterocycles. The summed E-state index contributed by atoms with van der Waals surface area (Å²) in [5.41, 5.74) is 0. The monoisotopic (exact) mass is 276 g/mol. The first-order chi connectivity index (χ1) is 8.76. The molecule has 1 heterocycles. The summed E-state index contributed by atoms with van der Waals surface area (Å²) in [7, 11) is -2.03. The van der Waals surface area contributed by atoms with Crippen molar-refractivity contribution in [3.05, 3.63) is 0 Å². The Morgan fingerprint density at radius 1 is 1.06 bits per heavy atom. The zero-order chi connectivity index (χ0) is 13.3. The molecule has 5 heteroatoms. The second kappa shape index (κ2) is 9.04. The van der Waals surface area contributed by atoms with Gasteiger partial charge in [-0.3, -0.25) is 0 Å². The van der Waals surface area contributed by atoms with Crippen molar-refractivity contribution in [3.8, 4) is 0 Å². The fourth-order valence-electron chi connectivity index (χ4n) is 1.75. The van der Waals surface area contributed by atoms with E-state index in [1.807, 2.05) is 0 Å². The molecule has 0 bridgehead atoms. The number of epoxide rings is 1. The van der Waals surface area contributed by atoms with Gasteiger partial charge in [0.2, 0.25) is 0 Å². The number of hydrogen-bond acceptors (Lipinski definition) is 4. The van der Waals surface area contributed by atoms with Crippen LogP contribution >= 0.6 is 0 Å². The van der Waals surface area contributed by atoms with E-state index in [0.717, 1.165) is 58.0 Å². The molecule has 0 amide bonds. The molecule has 1 aliphatic rings. The first-order valence-corrected chi connectivity index (χ1v) is 9.46. The third-order valence-electron chi connectivity index (χ3n) is 3.01. The first kappa shape index (κ1) is 16.1. The first-order valence-electron chi connectivity index (χ1n) is 7.23. The molecular weight excluding hydrogens is 248 g/mol. The van der Waals surface area contributed by atoms with Gasteiger partial charge < -0.3 is 18.3 Å². The van der Waals surface area contributed by atoms with Gasteiger partial charge in [0.1, 0.15) is 6.10 Å². The van der Waals surface area contributed by atoms with Crippen LogP contribution in [0.1, 0.15) is 33.6 Å². The van der Waals surface area contributed by atoms with E-state index in [0.29, 0.717) is 6.10 Å². The Balaban J connectivity index is 2.28. The van der Waals surface area contributed by atoms with Gasteiger partial charge in [-0.05, 0) is 18.9 Å². The fraction of sp³-hybridized carbons (Fsp3) is 1.00. The van der Waals surface area contributed by atoms with Crippen LogP contribution in [0.25, 0.3) is 0 Å². The molecule has 0 aromatic carbocycles. The summed E-state index contributed by atoms with van der Waals surface area (Å²) in [6.07, 6.45) is 2.43.